The third kappa shape index (κ3) is 3.99. The average molecular weight is 442 g/mol. The molecule has 0 unspecified atom stereocenters. The predicted octanol–water partition coefficient (Wildman–Crippen LogP) is 6.87. The summed E-state index contributed by atoms with van der Waals surface area (Å²) in [5.74, 6) is 1.58. The number of nitrogens with one attached hydrogen (secondary N) is 1. The topological polar surface area (TPSA) is 20.2 Å². The molecule has 2 fully saturated rings. The average Bonchev–Trinajstić information content (AvgIpc) is 3.09. The quantitative estimate of drug-likeness (QED) is 0.476. The Morgan fingerprint density at radius 1 is 0.909 bits per heavy atom. The molecule has 0 spiro atoms. The van der Waals surface area contributed by atoms with Gasteiger partial charge in [-0.15, -0.1) is 0 Å². The number of hydrogen-bond donors (Lipinski definition) is 1. The van der Waals surface area contributed by atoms with E-state index in [0.717, 1.165) is 19.0 Å². The molecular formula is C30H39N3. The van der Waals surface area contributed by atoms with E-state index in [0.29, 0.717) is 5.92 Å². The van der Waals surface area contributed by atoms with Crippen molar-refractivity contribution in [2.45, 2.75) is 70.8 Å². The summed E-state index contributed by atoms with van der Waals surface area (Å²) in [5.41, 5.74) is 8.94. The zero-order valence-corrected chi connectivity index (χ0v) is 20.3. The second-order valence-corrected chi connectivity index (χ2v) is 10.8. The van der Waals surface area contributed by atoms with Crippen molar-refractivity contribution in [3.05, 3.63) is 53.6 Å². The van der Waals surface area contributed by atoms with Gasteiger partial charge >= 0.3 is 0 Å². The Kier molecular flexibility index (Phi) is 5.92. The van der Waals surface area contributed by atoms with Gasteiger partial charge in [0.1, 0.15) is 0 Å². The number of benzene rings is 2. The molecule has 3 heteroatoms. The molecule has 0 atom stereocenters. The summed E-state index contributed by atoms with van der Waals surface area (Å²) in [6.07, 6.45) is 10.9. The van der Waals surface area contributed by atoms with Crippen molar-refractivity contribution in [2.24, 2.45) is 5.92 Å². The molecule has 174 valence electrons. The molecule has 1 aliphatic carbocycles. The monoisotopic (exact) mass is 441 g/mol. The Morgan fingerprint density at radius 2 is 1.73 bits per heavy atom. The van der Waals surface area contributed by atoms with Crippen molar-refractivity contribution < 1.29 is 0 Å². The number of fused-ring (bicyclic) bond motifs is 5. The smallest absolute Gasteiger partial charge is 0.0548 e. The highest BCUT2D eigenvalue weighted by Gasteiger charge is 2.30. The van der Waals surface area contributed by atoms with Crippen LogP contribution < -0.4 is 10.2 Å². The van der Waals surface area contributed by atoms with E-state index in [1.165, 1.54) is 104 Å². The van der Waals surface area contributed by atoms with Gasteiger partial charge in [0.2, 0.25) is 0 Å². The van der Waals surface area contributed by atoms with Gasteiger partial charge in [0.15, 0.2) is 0 Å². The fourth-order valence-corrected chi connectivity index (χ4v) is 6.85. The fourth-order valence-electron chi connectivity index (χ4n) is 6.85. The van der Waals surface area contributed by atoms with Crippen LogP contribution in [0.2, 0.25) is 0 Å². The molecule has 6 rings (SSSR count). The molecule has 1 aromatic heterocycles. The molecule has 1 saturated carbocycles. The summed E-state index contributed by atoms with van der Waals surface area (Å²) in [7, 11) is 0. The zero-order chi connectivity index (χ0) is 22.2. The van der Waals surface area contributed by atoms with Crippen molar-refractivity contribution in [1.29, 1.82) is 0 Å². The van der Waals surface area contributed by atoms with Gasteiger partial charge in [-0.1, -0.05) is 49.6 Å². The second-order valence-electron chi connectivity index (χ2n) is 10.8. The first-order chi connectivity index (χ1) is 16.3. The number of para-hydroxylation sites is 1. The summed E-state index contributed by atoms with van der Waals surface area (Å²) < 4.78 is 2.69. The van der Waals surface area contributed by atoms with Crippen LogP contribution in [-0.4, -0.2) is 30.7 Å². The molecule has 1 saturated heterocycles. The molecule has 33 heavy (non-hydrogen) atoms. The summed E-state index contributed by atoms with van der Waals surface area (Å²) in [6.45, 7) is 8.02. The SMILES string of the molecule is Cc1ccc2c(C3CCCCC3)c3n(c2c1)CCN(CCC1CCNCC1)c1ccccc1-3. The third-order valence-electron chi connectivity index (χ3n) is 8.63. The predicted molar refractivity (Wildman–Crippen MR) is 140 cm³/mol. The van der Waals surface area contributed by atoms with Gasteiger partial charge in [0.05, 0.1) is 5.69 Å². The summed E-state index contributed by atoms with van der Waals surface area (Å²) in [4.78, 5) is 2.71. The van der Waals surface area contributed by atoms with Crippen LogP contribution in [0.4, 0.5) is 5.69 Å². The normalized spacial score (nSPS) is 20.0. The van der Waals surface area contributed by atoms with Crippen LogP contribution >= 0.6 is 0 Å². The minimum absolute atomic E-state index is 0.703. The van der Waals surface area contributed by atoms with Gasteiger partial charge in [-0.3, -0.25) is 0 Å². The molecule has 0 bridgehead atoms. The number of rotatable bonds is 4. The van der Waals surface area contributed by atoms with Crippen LogP contribution in [0.5, 0.6) is 0 Å². The molecule has 3 aliphatic rings. The number of hydrogen-bond acceptors (Lipinski definition) is 2. The van der Waals surface area contributed by atoms with Crippen LogP contribution in [0, 0.1) is 12.8 Å². The van der Waals surface area contributed by atoms with Crippen LogP contribution in [0.1, 0.15) is 68.4 Å². The largest absolute Gasteiger partial charge is 0.369 e. The number of anilines is 1. The highest BCUT2D eigenvalue weighted by atomic mass is 15.2. The molecule has 3 nitrogen and oxygen atoms in total. The maximum absolute atomic E-state index is 3.53. The van der Waals surface area contributed by atoms with Crippen molar-refractivity contribution in [3.8, 4) is 11.3 Å². The molecule has 3 aromatic rings. The van der Waals surface area contributed by atoms with E-state index in [2.05, 4.69) is 64.2 Å². The Bertz CT molecular complexity index is 1120. The molecule has 3 heterocycles. The summed E-state index contributed by atoms with van der Waals surface area (Å²) in [6, 6.07) is 16.5. The highest BCUT2D eigenvalue weighted by molar-refractivity contribution is 5.96. The van der Waals surface area contributed by atoms with E-state index in [4.69, 9.17) is 0 Å². The van der Waals surface area contributed by atoms with E-state index in [9.17, 15) is 0 Å². The molecule has 1 N–H and O–H groups in total. The Labute approximate surface area is 199 Å². The maximum atomic E-state index is 3.53. The van der Waals surface area contributed by atoms with E-state index in [-0.39, 0.29) is 0 Å². The van der Waals surface area contributed by atoms with E-state index >= 15 is 0 Å². The van der Waals surface area contributed by atoms with Crippen LogP contribution in [0.3, 0.4) is 0 Å². The van der Waals surface area contributed by atoms with E-state index in [1.807, 2.05) is 0 Å². The van der Waals surface area contributed by atoms with Gasteiger partial charge in [-0.25, -0.2) is 0 Å². The lowest BCUT2D eigenvalue weighted by atomic mass is 9.81. The van der Waals surface area contributed by atoms with E-state index in [1.54, 1.807) is 5.56 Å². The van der Waals surface area contributed by atoms with Gasteiger partial charge < -0.3 is 14.8 Å². The Morgan fingerprint density at radius 3 is 2.58 bits per heavy atom. The minimum Gasteiger partial charge on any atom is -0.369 e. The minimum atomic E-state index is 0.703. The molecule has 0 amide bonds. The molecule has 0 radical (unpaired) electrons. The number of piperidine rings is 1. The molecular weight excluding hydrogens is 402 g/mol. The van der Waals surface area contributed by atoms with Gasteiger partial charge in [-0.2, -0.15) is 0 Å². The highest BCUT2D eigenvalue weighted by Crippen LogP contribution is 2.47. The van der Waals surface area contributed by atoms with Crippen molar-refractivity contribution in [2.75, 3.05) is 31.1 Å². The number of aryl methyl sites for hydroxylation is 1. The lowest BCUT2D eigenvalue weighted by Crippen LogP contribution is -2.32. The number of nitrogens with zero attached hydrogens (tertiary/aromatic N) is 2. The Hall–Kier alpha value is -2.26. The van der Waals surface area contributed by atoms with Crippen LogP contribution in [0.25, 0.3) is 22.2 Å². The van der Waals surface area contributed by atoms with Crippen molar-refractivity contribution >= 4 is 16.6 Å². The molecule has 2 aliphatic heterocycles. The van der Waals surface area contributed by atoms with Gasteiger partial charge in [-0.05, 0) is 87.2 Å². The van der Waals surface area contributed by atoms with Gasteiger partial charge in [0.25, 0.3) is 0 Å². The second kappa shape index (κ2) is 9.18. The number of aromatic nitrogens is 1. The lowest BCUT2D eigenvalue weighted by Gasteiger charge is -2.29. The van der Waals surface area contributed by atoms with Crippen LogP contribution in [0.15, 0.2) is 42.5 Å². The maximum Gasteiger partial charge on any atom is 0.0548 e. The van der Waals surface area contributed by atoms with Crippen molar-refractivity contribution in [1.82, 2.24) is 9.88 Å². The van der Waals surface area contributed by atoms with Crippen molar-refractivity contribution in [3.63, 3.8) is 0 Å². The summed E-state index contributed by atoms with van der Waals surface area (Å²) >= 11 is 0. The third-order valence-corrected chi connectivity index (χ3v) is 8.63. The molecule has 2 aromatic carbocycles. The standard InChI is InChI=1S/C30H39N3/c1-22-11-12-25-28(21-22)33-20-19-32(18-15-23-13-16-31-17-14-23)27-10-6-5-9-26(27)30(33)29(25)24-7-3-2-4-8-24/h5-6,9-12,21,23-24,31H,2-4,7-8,13-20H2,1H3. The first-order valence-electron chi connectivity index (χ1n) is 13.5. The fraction of sp³-hybridized carbons (Fsp3) is 0.533. The van der Waals surface area contributed by atoms with Crippen LogP contribution in [-0.2, 0) is 6.54 Å². The summed E-state index contributed by atoms with van der Waals surface area (Å²) in [5, 5.41) is 5.04. The first kappa shape index (κ1) is 21.3. The van der Waals surface area contributed by atoms with Gasteiger partial charge in [0, 0.05) is 41.8 Å². The van der Waals surface area contributed by atoms with E-state index < -0.39 is 0 Å². The first-order valence-corrected chi connectivity index (χ1v) is 13.5. The zero-order valence-electron chi connectivity index (χ0n) is 20.3. The Balaban J connectivity index is 1.44. The lowest BCUT2D eigenvalue weighted by molar-refractivity contribution is 0.354.